The number of carbonyl (C=O) groups is 1. The molecule has 1 fully saturated rings. The van der Waals surface area contributed by atoms with E-state index in [0.29, 0.717) is 5.78 Å². The van der Waals surface area contributed by atoms with Crippen LogP contribution in [0.2, 0.25) is 0 Å². The fourth-order valence-electron chi connectivity index (χ4n) is 3.65. The van der Waals surface area contributed by atoms with E-state index < -0.39 is 0 Å². The van der Waals surface area contributed by atoms with Crippen molar-refractivity contribution in [2.75, 3.05) is 0 Å². The van der Waals surface area contributed by atoms with Crippen molar-refractivity contribution in [2.24, 2.45) is 23.7 Å². The minimum atomic E-state index is 0.349. The van der Waals surface area contributed by atoms with E-state index in [1.165, 1.54) is 19.3 Å². The Kier molecular flexibility index (Phi) is 3.28. The van der Waals surface area contributed by atoms with Crippen molar-refractivity contribution in [3.63, 3.8) is 0 Å². The second kappa shape index (κ2) is 4.51. The second-order valence-corrected chi connectivity index (χ2v) is 5.28. The Morgan fingerprint density at radius 1 is 1.27 bits per heavy atom. The zero-order valence-corrected chi connectivity index (χ0v) is 9.91. The number of Topliss-reactive ketones (excluding diaryl/α,β-unsaturated/α-hetero) is 1. The van der Waals surface area contributed by atoms with E-state index in [1.807, 2.05) is 0 Å². The topological polar surface area (TPSA) is 17.1 Å². The van der Waals surface area contributed by atoms with Crippen LogP contribution >= 0.6 is 0 Å². The van der Waals surface area contributed by atoms with E-state index in [9.17, 15) is 4.79 Å². The summed E-state index contributed by atoms with van der Waals surface area (Å²) in [5.41, 5.74) is 0. The lowest BCUT2D eigenvalue weighted by Gasteiger charge is -2.26. The van der Waals surface area contributed by atoms with E-state index in [0.717, 1.165) is 36.5 Å². The highest BCUT2D eigenvalue weighted by Gasteiger charge is 2.42. The van der Waals surface area contributed by atoms with Gasteiger partial charge in [-0.3, -0.25) is 0 Å². The van der Waals surface area contributed by atoms with Crippen LogP contribution in [0, 0.1) is 23.7 Å². The van der Waals surface area contributed by atoms with E-state index in [-0.39, 0.29) is 0 Å². The molecule has 0 saturated heterocycles. The molecule has 2 rings (SSSR count). The number of carbonyl (C=O) groups excluding carboxylic acids is 1. The predicted molar refractivity (Wildman–Crippen MR) is 62.5 cm³/mol. The van der Waals surface area contributed by atoms with Gasteiger partial charge in [0.25, 0.3) is 0 Å². The fraction of sp³-hybridized carbons (Fsp3) is 0.786. The maximum absolute atomic E-state index is 10.9. The molecular formula is C14H22O. The quantitative estimate of drug-likeness (QED) is 0.628. The van der Waals surface area contributed by atoms with Crippen LogP contribution in [0.4, 0.5) is 0 Å². The predicted octanol–water partition coefficient (Wildman–Crippen LogP) is 3.59. The summed E-state index contributed by atoms with van der Waals surface area (Å²) in [4.78, 5) is 10.9. The third kappa shape index (κ3) is 2.16. The lowest BCUT2D eigenvalue weighted by atomic mass is 9.78. The summed E-state index contributed by atoms with van der Waals surface area (Å²) in [6.07, 6.45) is 10.7. The third-order valence-corrected chi connectivity index (χ3v) is 4.34. The van der Waals surface area contributed by atoms with Gasteiger partial charge < -0.3 is 4.79 Å². The molecule has 4 unspecified atom stereocenters. The lowest BCUT2D eigenvalue weighted by Crippen LogP contribution is -2.19. The van der Waals surface area contributed by atoms with Gasteiger partial charge in [-0.25, -0.2) is 0 Å². The molecule has 2 aliphatic rings. The van der Waals surface area contributed by atoms with Gasteiger partial charge in [-0.15, -0.1) is 0 Å². The highest BCUT2D eigenvalue weighted by molar-refractivity contribution is 5.75. The number of ketones is 1. The smallest absolute Gasteiger partial charge is 0.129 e. The van der Waals surface area contributed by atoms with Gasteiger partial charge >= 0.3 is 0 Å². The number of fused-ring (bicyclic) bond motifs is 2. The molecule has 2 aliphatic carbocycles. The molecule has 0 aromatic heterocycles. The largest absolute Gasteiger partial charge is 0.300 e. The van der Waals surface area contributed by atoms with Crippen molar-refractivity contribution >= 4 is 5.78 Å². The summed E-state index contributed by atoms with van der Waals surface area (Å²) in [6.45, 7) is 4.02. The van der Waals surface area contributed by atoms with Gasteiger partial charge in [-0.1, -0.05) is 25.5 Å². The van der Waals surface area contributed by atoms with Gasteiger partial charge in [-0.2, -0.15) is 0 Å². The summed E-state index contributed by atoms with van der Waals surface area (Å²) in [5.74, 6) is 3.84. The highest BCUT2D eigenvalue weighted by Crippen LogP contribution is 2.51. The van der Waals surface area contributed by atoms with Crippen LogP contribution in [-0.4, -0.2) is 5.78 Å². The first kappa shape index (κ1) is 10.9. The number of rotatable bonds is 5. The van der Waals surface area contributed by atoms with Gasteiger partial charge in [-0.05, 0) is 49.9 Å². The minimum Gasteiger partial charge on any atom is -0.300 e. The Balaban J connectivity index is 1.86. The van der Waals surface area contributed by atoms with Crippen molar-refractivity contribution < 1.29 is 4.79 Å². The van der Waals surface area contributed by atoms with E-state index in [4.69, 9.17) is 0 Å². The molecule has 84 valence electrons. The van der Waals surface area contributed by atoms with Crippen LogP contribution in [0.15, 0.2) is 12.2 Å². The van der Waals surface area contributed by atoms with E-state index in [2.05, 4.69) is 19.1 Å². The van der Waals surface area contributed by atoms with E-state index >= 15 is 0 Å². The average Bonchev–Trinajstić information content (AvgIpc) is 2.76. The van der Waals surface area contributed by atoms with Gasteiger partial charge in [0.1, 0.15) is 5.78 Å². The van der Waals surface area contributed by atoms with Gasteiger partial charge in [0, 0.05) is 6.42 Å². The summed E-state index contributed by atoms with van der Waals surface area (Å²) in [6, 6.07) is 0. The van der Waals surface area contributed by atoms with Crippen molar-refractivity contribution in [3.8, 4) is 0 Å². The average molecular weight is 206 g/mol. The molecular weight excluding hydrogens is 184 g/mol. The maximum Gasteiger partial charge on any atom is 0.129 e. The molecule has 0 N–H and O–H groups in total. The first-order valence-corrected chi connectivity index (χ1v) is 6.40. The Bertz CT molecular complexity index is 267. The molecule has 0 radical (unpaired) electrons. The highest BCUT2D eigenvalue weighted by atomic mass is 16.1. The fourth-order valence-corrected chi connectivity index (χ4v) is 3.65. The van der Waals surface area contributed by atoms with Crippen LogP contribution in [0.3, 0.4) is 0 Å². The molecule has 0 spiro atoms. The van der Waals surface area contributed by atoms with Gasteiger partial charge in [0.15, 0.2) is 0 Å². The maximum atomic E-state index is 10.9. The van der Waals surface area contributed by atoms with Gasteiger partial charge in [0.05, 0.1) is 0 Å². The summed E-state index contributed by atoms with van der Waals surface area (Å²) >= 11 is 0. The molecule has 15 heavy (non-hydrogen) atoms. The monoisotopic (exact) mass is 206 g/mol. The zero-order valence-electron chi connectivity index (χ0n) is 9.91. The third-order valence-electron chi connectivity index (χ3n) is 4.34. The molecule has 0 aromatic carbocycles. The summed E-state index contributed by atoms with van der Waals surface area (Å²) < 4.78 is 0. The molecule has 1 saturated carbocycles. The van der Waals surface area contributed by atoms with Crippen molar-refractivity contribution in [1.82, 2.24) is 0 Å². The van der Waals surface area contributed by atoms with Crippen LogP contribution < -0.4 is 0 Å². The number of allylic oxidation sites excluding steroid dienone is 2. The molecule has 2 bridgehead atoms. The molecule has 0 heterocycles. The molecule has 1 nitrogen and oxygen atoms in total. The Labute approximate surface area is 92.9 Å². The molecule has 4 atom stereocenters. The normalized spacial score (nSPS) is 37.5. The molecule has 1 heteroatoms. The lowest BCUT2D eigenvalue weighted by molar-refractivity contribution is -0.117. The van der Waals surface area contributed by atoms with E-state index in [1.54, 1.807) is 6.92 Å². The standard InChI is InChI=1S/C14H22O/c1-3-13-11-7-8-12(9-11)14(13)6-4-5-10(2)15/h7-8,11-14H,3-6,9H2,1-2H3. The first-order valence-electron chi connectivity index (χ1n) is 6.40. The minimum absolute atomic E-state index is 0.349. The molecule has 0 amide bonds. The number of hydrogen-bond acceptors (Lipinski definition) is 1. The van der Waals surface area contributed by atoms with Gasteiger partial charge in [0.2, 0.25) is 0 Å². The summed E-state index contributed by atoms with van der Waals surface area (Å²) in [5, 5.41) is 0. The SMILES string of the molecule is CCC1C2C=CC(C2)C1CCCC(C)=O. The molecule has 0 aliphatic heterocycles. The first-order chi connectivity index (χ1) is 7.22. The summed E-state index contributed by atoms with van der Waals surface area (Å²) in [7, 11) is 0. The van der Waals surface area contributed by atoms with Crippen LogP contribution in [0.5, 0.6) is 0 Å². The Morgan fingerprint density at radius 3 is 2.53 bits per heavy atom. The Hall–Kier alpha value is -0.590. The zero-order chi connectivity index (χ0) is 10.8. The van der Waals surface area contributed by atoms with Crippen molar-refractivity contribution in [1.29, 1.82) is 0 Å². The van der Waals surface area contributed by atoms with Crippen molar-refractivity contribution in [3.05, 3.63) is 12.2 Å². The van der Waals surface area contributed by atoms with Crippen LogP contribution in [0.1, 0.15) is 46.0 Å². The molecule has 0 aromatic rings. The van der Waals surface area contributed by atoms with Crippen LogP contribution in [0.25, 0.3) is 0 Å². The Morgan fingerprint density at radius 2 is 1.93 bits per heavy atom. The second-order valence-electron chi connectivity index (χ2n) is 5.28. The van der Waals surface area contributed by atoms with Crippen molar-refractivity contribution in [2.45, 2.75) is 46.0 Å². The number of hydrogen-bond donors (Lipinski definition) is 0. The van der Waals surface area contributed by atoms with Crippen LogP contribution in [-0.2, 0) is 4.79 Å².